The number of hydrogen-bond donors (Lipinski definition) is 0. The number of hydrogen-bond acceptors (Lipinski definition) is 3. The zero-order valence-corrected chi connectivity index (χ0v) is 9.26. The molecule has 0 aliphatic carbocycles. The van der Waals surface area contributed by atoms with Crippen LogP contribution in [0.3, 0.4) is 0 Å². The number of amides is 2. The van der Waals surface area contributed by atoms with E-state index in [0.29, 0.717) is 19.4 Å². The van der Waals surface area contributed by atoms with Gasteiger partial charge in [0.15, 0.2) is 0 Å². The van der Waals surface area contributed by atoms with Crippen LogP contribution in [0.4, 0.5) is 4.79 Å². The number of rotatable bonds is 5. The highest BCUT2D eigenvalue weighted by Crippen LogP contribution is 2.01. The first-order valence-corrected chi connectivity index (χ1v) is 5.20. The van der Waals surface area contributed by atoms with Gasteiger partial charge >= 0.3 is 6.09 Å². The topological polar surface area (TPSA) is 46.6 Å². The van der Waals surface area contributed by atoms with Crippen LogP contribution < -0.4 is 0 Å². The van der Waals surface area contributed by atoms with Crippen molar-refractivity contribution in [2.75, 3.05) is 13.2 Å². The van der Waals surface area contributed by atoms with Gasteiger partial charge in [0, 0.05) is 6.54 Å². The molecule has 0 atom stereocenters. The molecule has 4 heteroatoms. The van der Waals surface area contributed by atoms with Crippen molar-refractivity contribution in [3.63, 3.8) is 0 Å². The van der Waals surface area contributed by atoms with E-state index in [0.717, 1.165) is 10.5 Å². The summed E-state index contributed by atoms with van der Waals surface area (Å²) in [5.41, 5.74) is 1.08. The van der Waals surface area contributed by atoms with Crippen LogP contribution >= 0.6 is 0 Å². The Morgan fingerprint density at radius 1 is 1.38 bits per heavy atom. The molecule has 0 aliphatic heterocycles. The maximum Gasteiger partial charge on any atom is 0.416 e. The lowest BCUT2D eigenvalue weighted by atomic mass is 10.1. The summed E-state index contributed by atoms with van der Waals surface area (Å²) in [6.07, 6.45) is 0.549. The Bertz CT molecular complexity index is 337. The van der Waals surface area contributed by atoms with Gasteiger partial charge < -0.3 is 4.74 Å². The Balaban J connectivity index is 2.46. The minimum Gasteiger partial charge on any atom is -0.449 e. The second-order valence-electron chi connectivity index (χ2n) is 3.23. The smallest absolute Gasteiger partial charge is 0.416 e. The second-order valence-corrected chi connectivity index (χ2v) is 3.23. The maximum atomic E-state index is 11.3. The number of ether oxygens (including phenoxy) is 1. The Hall–Kier alpha value is -1.84. The van der Waals surface area contributed by atoms with Crippen LogP contribution in [0, 0.1) is 0 Å². The van der Waals surface area contributed by atoms with Gasteiger partial charge in [0.1, 0.15) is 0 Å². The summed E-state index contributed by atoms with van der Waals surface area (Å²) in [6.45, 7) is 2.32. The second kappa shape index (κ2) is 6.61. The van der Waals surface area contributed by atoms with Crippen molar-refractivity contribution in [1.82, 2.24) is 4.90 Å². The standard InChI is InChI=1S/C12H15NO3/c1-2-16-12(15)13(10-14)9-8-11-6-4-3-5-7-11/h3-7,10H,2,8-9H2,1H3. The van der Waals surface area contributed by atoms with Crippen molar-refractivity contribution < 1.29 is 14.3 Å². The summed E-state index contributed by atoms with van der Waals surface area (Å²) in [5, 5.41) is 0. The predicted molar refractivity (Wildman–Crippen MR) is 59.9 cm³/mol. The quantitative estimate of drug-likeness (QED) is 0.713. The van der Waals surface area contributed by atoms with Gasteiger partial charge in [0.25, 0.3) is 0 Å². The van der Waals surface area contributed by atoms with E-state index in [2.05, 4.69) is 0 Å². The normalized spacial score (nSPS) is 9.56. The van der Waals surface area contributed by atoms with E-state index < -0.39 is 6.09 Å². The van der Waals surface area contributed by atoms with Crippen LogP contribution in [0.25, 0.3) is 0 Å². The van der Waals surface area contributed by atoms with E-state index in [1.165, 1.54) is 0 Å². The van der Waals surface area contributed by atoms with E-state index in [-0.39, 0.29) is 6.61 Å². The highest BCUT2D eigenvalue weighted by atomic mass is 16.6. The Morgan fingerprint density at radius 3 is 2.62 bits per heavy atom. The third kappa shape index (κ3) is 3.73. The summed E-state index contributed by atoms with van der Waals surface area (Å²) in [4.78, 5) is 23.0. The summed E-state index contributed by atoms with van der Waals surface area (Å²) >= 11 is 0. The lowest BCUT2D eigenvalue weighted by Gasteiger charge is -2.14. The average Bonchev–Trinajstić information content (AvgIpc) is 2.31. The molecule has 4 nitrogen and oxygen atoms in total. The molecule has 0 N–H and O–H groups in total. The molecule has 0 aromatic heterocycles. The van der Waals surface area contributed by atoms with Crippen LogP contribution in [0.1, 0.15) is 12.5 Å². The minimum absolute atomic E-state index is 0.272. The van der Waals surface area contributed by atoms with E-state index in [9.17, 15) is 9.59 Å². The van der Waals surface area contributed by atoms with Crippen molar-refractivity contribution in [3.8, 4) is 0 Å². The predicted octanol–water partition coefficient (Wildman–Crippen LogP) is 1.84. The average molecular weight is 221 g/mol. The Kier molecular flexibility index (Phi) is 5.05. The summed E-state index contributed by atoms with van der Waals surface area (Å²) < 4.78 is 4.74. The monoisotopic (exact) mass is 221 g/mol. The molecule has 16 heavy (non-hydrogen) atoms. The molecular weight excluding hydrogens is 206 g/mol. The van der Waals surface area contributed by atoms with Gasteiger partial charge in [-0.2, -0.15) is 0 Å². The molecule has 1 aromatic rings. The number of carbonyl (C=O) groups is 2. The van der Waals surface area contributed by atoms with Crippen molar-refractivity contribution in [3.05, 3.63) is 35.9 Å². The molecule has 0 saturated carbocycles. The van der Waals surface area contributed by atoms with Gasteiger partial charge in [-0.15, -0.1) is 0 Å². The highest BCUT2D eigenvalue weighted by Gasteiger charge is 2.12. The largest absolute Gasteiger partial charge is 0.449 e. The van der Waals surface area contributed by atoms with Crippen molar-refractivity contribution in [1.29, 1.82) is 0 Å². The van der Waals surface area contributed by atoms with Gasteiger partial charge in [0.05, 0.1) is 6.61 Å². The molecule has 0 bridgehead atoms. The van der Waals surface area contributed by atoms with E-state index in [4.69, 9.17) is 4.74 Å². The van der Waals surface area contributed by atoms with E-state index in [1.807, 2.05) is 30.3 Å². The lowest BCUT2D eigenvalue weighted by molar-refractivity contribution is -0.116. The molecule has 2 amide bonds. The maximum absolute atomic E-state index is 11.3. The zero-order chi connectivity index (χ0) is 11.8. The third-order valence-corrected chi connectivity index (χ3v) is 2.11. The van der Waals surface area contributed by atoms with Crippen molar-refractivity contribution in [2.24, 2.45) is 0 Å². The molecule has 0 spiro atoms. The summed E-state index contributed by atoms with van der Waals surface area (Å²) in [5.74, 6) is 0. The van der Waals surface area contributed by atoms with Crippen LogP contribution in [-0.2, 0) is 16.0 Å². The zero-order valence-electron chi connectivity index (χ0n) is 9.26. The first kappa shape index (κ1) is 12.2. The van der Waals surface area contributed by atoms with Gasteiger partial charge in [-0.05, 0) is 18.9 Å². The molecular formula is C12H15NO3. The Labute approximate surface area is 94.8 Å². The van der Waals surface area contributed by atoms with Crippen LogP contribution in [0.2, 0.25) is 0 Å². The van der Waals surface area contributed by atoms with Crippen molar-refractivity contribution >= 4 is 12.5 Å². The first-order chi connectivity index (χ1) is 7.77. The number of imide groups is 1. The molecule has 0 heterocycles. The molecule has 86 valence electrons. The first-order valence-electron chi connectivity index (χ1n) is 5.20. The van der Waals surface area contributed by atoms with Crippen LogP contribution in [-0.4, -0.2) is 30.6 Å². The van der Waals surface area contributed by atoms with Gasteiger partial charge in [-0.1, -0.05) is 30.3 Å². The summed E-state index contributed by atoms with van der Waals surface area (Å²) in [6, 6.07) is 9.67. The fourth-order valence-corrected chi connectivity index (χ4v) is 1.29. The SMILES string of the molecule is CCOC(=O)N(C=O)CCc1ccccc1. The third-order valence-electron chi connectivity index (χ3n) is 2.11. The Morgan fingerprint density at radius 2 is 2.06 bits per heavy atom. The molecule has 0 aliphatic rings. The molecule has 0 radical (unpaired) electrons. The lowest BCUT2D eigenvalue weighted by Crippen LogP contribution is -2.32. The van der Waals surface area contributed by atoms with Gasteiger partial charge in [-0.3, -0.25) is 4.79 Å². The fourth-order valence-electron chi connectivity index (χ4n) is 1.29. The minimum atomic E-state index is -0.589. The van der Waals surface area contributed by atoms with E-state index in [1.54, 1.807) is 6.92 Å². The van der Waals surface area contributed by atoms with Gasteiger partial charge in [-0.25, -0.2) is 9.69 Å². The van der Waals surface area contributed by atoms with Crippen LogP contribution in [0.5, 0.6) is 0 Å². The molecule has 1 aromatic carbocycles. The molecule has 0 saturated heterocycles. The molecule has 0 fully saturated rings. The number of benzene rings is 1. The number of nitrogens with zero attached hydrogens (tertiary/aromatic N) is 1. The van der Waals surface area contributed by atoms with Gasteiger partial charge in [0.2, 0.25) is 6.41 Å². The molecule has 0 unspecified atom stereocenters. The van der Waals surface area contributed by atoms with E-state index >= 15 is 0 Å². The fraction of sp³-hybridized carbons (Fsp3) is 0.333. The highest BCUT2D eigenvalue weighted by molar-refractivity contribution is 5.80. The molecule has 1 rings (SSSR count). The number of carbonyl (C=O) groups excluding carboxylic acids is 2. The summed E-state index contributed by atoms with van der Waals surface area (Å²) in [7, 11) is 0. The van der Waals surface area contributed by atoms with Crippen molar-refractivity contribution in [2.45, 2.75) is 13.3 Å². The van der Waals surface area contributed by atoms with Crippen LogP contribution in [0.15, 0.2) is 30.3 Å².